The Morgan fingerprint density at radius 3 is 2.42 bits per heavy atom. The summed E-state index contributed by atoms with van der Waals surface area (Å²) >= 11 is 4.77. The van der Waals surface area contributed by atoms with Crippen LogP contribution in [0.1, 0.15) is 47.2 Å². The second-order valence-electron chi connectivity index (χ2n) is 8.86. The largest absolute Gasteiger partial charge is 0.490 e. The van der Waals surface area contributed by atoms with E-state index in [-0.39, 0.29) is 29.8 Å². The Kier molecular flexibility index (Phi) is 7.50. The van der Waals surface area contributed by atoms with E-state index >= 15 is 0 Å². The molecule has 11 heteroatoms. The van der Waals surface area contributed by atoms with Crippen LogP contribution in [0.5, 0.6) is 5.75 Å². The Hall–Kier alpha value is -2.24. The molecule has 2 aliphatic heterocycles. The number of amides is 1. The minimum Gasteiger partial charge on any atom is -0.490 e. The van der Waals surface area contributed by atoms with E-state index < -0.39 is 11.7 Å². The molecule has 5 nitrogen and oxygen atoms in total. The summed E-state index contributed by atoms with van der Waals surface area (Å²) in [4.78, 5) is 15.3. The normalized spacial score (nSPS) is 21.6. The summed E-state index contributed by atoms with van der Waals surface area (Å²) in [7, 11) is 0. The maximum Gasteiger partial charge on any atom is 0.416 e. The van der Waals surface area contributed by atoms with Gasteiger partial charge in [0.1, 0.15) is 11.9 Å². The average molecular weight is 552 g/mol. The van der Waals surface area contributed by atoms with E-state index in [1.165, 1.54) is 6.07 Å². The molecular weight excluding hydrogens is 527 g/mol. The predicted molar refractivity (Wildman–Crippen MR) is 136 cm³/mol. The fraction of sp³-hybridized carbons (Fsp3) is 0.400. The summed E-state index contributed by atoms with van der Waals surface area (Å²) < 4.78 is 46.9. The third kappa shape index (κ3) is 5.68. The van der Waals surface area contributed by atoms with Gasteiger partial charge in [0.25, 0.3) is 5.91 Å². The lowest BCUT2D eigenvalue weighted by atomic mass is 9.98. The van der Waals surface area contributed by atoms with Crippen molar-refractivity contribution in [1.29, 1.82) is 0 Å². The highest BCUT2D eigenvalue weighted by Gasteiger charge is 2.44. The molecule has 2 fully saturated rings. The molecule has 3 heterocycles. The van der Waals surface area contributed by atoms with Gasteiger partial charge in [-0.15, -0.1) is 10.2 Å². The van der Waals surface area contributed by atoms with Crippen LogP contribution in [0.3, 0.4) is 0 Å². The zero-order chi connectivity index (χ0) is 25.3. The lowest BCUT2D eigenvalue weighted by molar-refractivity contribution is -0.137. The molecule has 1 amide bonds. The molecule has 0 radical (unpaired) electrons. The smallest absolute Gasteiger partial charge is 0.416 e. The summed E-state index contributed by atoms with van der Waals surface area (Å²) in [6, 6.07) is 12.8. The van der Waals surface area contributed by atoms with Crippen molar-refractivity contribution in [3.63, 3.8) is 0 Å². The van der Waals surface area contributed by atoms with Gasteiger partial charge in [0.05, 0.1) is 5.56 Å². The Morgan fingerprint density at radius 2 is 1.78 bits per heavy atom. The summed E-state index contributed by atoms with van der Waals surface area (Å²) in [6.07, 6.45) is 0.364. The molecule has 190 valence electrons. The van der Waals surface area contributed by atoms with Gasteiger partial charge < -0.3 is 9.64 Å². The van der Waals surface area contributed by atoms with Crippen molar-refractivity contribution in [2.24, 2.45) is 0 Å². The number of alkyl halides is 3. The molecule has 2 aromatic carbocycles. The number of hydrogen-bond acceptors (Lipinski definition) is 7. The van der Waals surface area contributed by atoms with E-state index in [0.29, 0.717) is 18.4 Å². The standard InChI is InChI=1S/C25H24F3N3O2S3/c1-34-23-29-30-24(36-23)35-14-15-5-7-16(8-6-15)22(32)31-18-9-10-19(31)13-21(12-18)33-20-4-2-3-17(11-20)25(26,27)28/h2-8,11,18-19,21H,9-10,12-14H2,1H3. The van der Waals surface area contributed by atoms with Crippen LogP contribution in [0.2, 0.25) is 0 Å². The van der Waals surface area contributed by atoms with E-state index in [2.05, 4.69) is 10.2 Å². The highest BCUT2D eigenvalue weighted by Crippen LogP contribution is 2.39. The molecule has 0 N–H and O–H groups in total. The number of carbonyl (C=O) groups is 1. The maximum absolute atomic E-state index is 13.3. The minimum atomic E-state index is -4.40. The fourth-order valence-electron chi connectivity index (χ4n) is 4.87. The lowest BCUT2D eigenvalue weighted by Crippen LogP contribution is -2.49. The summed E-state index contributed by atoms with van der Waals surface area (Å²) in [5, 5.41) is 8.27. The molecule has 0 saturated carbocycles. The number of aromatic nitrogens is 2. The quantitative estimate of drug-likeness (QED) is 0.302. The number of piperidine rings is 1. The third-order valence-corrected chi connectivity index (χ3v) is 9.62. The molecule has 2 unspecified atom stereocenters. The van der Waals surface area contributed by atoms with Crippen LogP contribution in [0.25, 0.3) is 0 Å². The van der Waals surface area contributed by atoms with Crippen LogP contribution < -0.4 is 4.74 Å². The van der Waals surface area contributed by atoms with Gasteiger partial charge in [0.2, 0.25) is 0 Å². The van der Waals surface area contributed by atoms with E-state index in [1.54, 1.807) is 40.9 Å². The number of rotatable bonds is 7. The highest BCUT2D eigenvalue weighted by molar-refractivity contribution is 8.02. The molecule has 2 saturated heterocycles. The van der Waals surface area contributed by atoms with E-state index in [9.17, 15) is 18.0 Å². The van der Waals surface area contributed by atoms with Crippen LogP contribution in [0, 0.1) is 0 Å². The van der Waals surface area contributed by atoms with Crippen molar-refractivity contribution in [3.05, 3.63) is 65.2 Å². The molecule has 36 heavy (non-hydrogen) atoms. The van der Waals surface area contributed by atoms with E-state index in [0.717, 1.165) is 45.0 Å². The number of carbonyl (C=O) groups excluding carboxylic acids is 1. The molecule has 5 rings (SSSR count). The predicted octanol–water partition coefficient (Wildman–Crippen LogP) is 6.79. The number of thioether (sulfide) groups is 2. The Balaban J connectivity index is 1.19. The lowest BCUT2D eigenvalue weighted by Gasteiger charge is -2.39. The zero-order valence-corrected chi connectivity index (χ0v) is 21.9. The van der Waals surface area contributed by atoms with Gasteiger partial charge in [-0.3, -0.25) is 4.79 Å². The van der Waals surface area contributed by atoms with Gasteiger partial charge in [-0.2, -0.15) is 13.2 Å². The number of ether oxygens (including phenoxy) is 1. The molecule has 1 aromatic heterocycles. The molecule has 0 spiro atoms. The van der Waals surface area contributed by atoms with Gasteiger partial charge in [0, 0.05) is 36.2 Å². The SMILES string of the molecule is CSc1nnc(SCc2ccc(C(=O)N3C4CCC3CC(Oc3cccc(C(F)(F)F)c3)C4)cc2)s1. The van der Waals surface area contributed by atoms with Crippen LogP contribution in [-0.2, 0) is 11.9 Å². The van der Waals surface area contributed by atoms with Gasteiger partial charge in [0.15, 0.2) is 8.68 Å². The summed E-state index contributed by atoms with van der Waals surface area (Å²) in [5.41, 5.74) is 1.04. The van der Waals surface area contributed by atoms with Crippen LogP contribution in [0.15, 0.2) is 57.2 Å². The van der Waals surface area contributed by atoms with Crippen molar-refractivity contribution in [2.75, 3.05) is 6.26 Å². The Labute approximate surface area is 219 Å². The first-order chi connectivity index (χ1) is 17.3. The maximum atomic E-state index is 13.3. The highest BCUT2D eigenvalue weighted by atomic mass is 32.2. The summed E-state index contributed by atoms with van der Waals surface area (Å²) in [6.45, 7) is 0. The van der Waals surface area contributed by atoms with Crippen molar-refractivity contribution >= 4 is 40.8 Å². The molecular formula is C25H24F3N3O2S3. The third-order valence-electron chi connectivity index (χ3n) is 6.51. The number of benzene rings is 2. The van der Waals surface area contributed by atoms with E-state index in [1.807, 2.05) is 35.4 Å². The summed E-state index contributed by atoms with van der Waals surface area (Å²) in [5.74, 6) is 0.981. The van der Waals surface area contributed by atoms with Crippen LogP contribution in [-0.4, -0.2) is 45.4 Å². The van der Waals surface area contributed by atoms with Gasteiger partial charge in [-0.05, 0) is 55.0 Å². The second kappa shape index (κ2) is 10.6. The van der Waals surface area contributed by atoms with Crippen molar-refractivity contribution in [2.45, 2.75) is 64.5 Å². The Morgan fingerprint density at radius 1 is 1.08 bits per heavy atom. The number of hydrogen-bond donors (Lipinski definition) is 0. The van der Waals surface area contributed by atoms with Crippen molar-refractivity contribution in [1.82, 2.24) is 15.1 Å². The first-order valence-electron chi connectivity index (χ1n) is 11.6. The van der Waals surface area contributed by atoms with Gasteiger partial charge in [-0.25, -0.2) is 0 Å². The topological polar surface area (TPSA) is 55.3 Å². The number of nitrogens with zero attached hydrogens (tertiary/aromatic N) is 3. The van der Waals surface area contributed by atoms with Crippen molar-refractivity contribution < 1.29 is 22.7 Å². The van der Waals surface area contributed by atoms with Crippen LogP contribution >= 0.6 is 34.9 Å². The minimum absolute atomic E-state index is 0.00737. The second-order valence-corrected chi connectivity index (χ2v) is 12.1. The van der Waals surface area contributed by atoms with Crippen molar-refractivity contribution in [3.8, 4) is 5.75 Å². The molecule has 2 aliphatic rings. The molecule has 0 aliphatic carbocycles. The monoisotopic (exact) mass is 551 g/mol. The van der Waals surface area contributed by atoms with Gasteiger partial charge in [-0.1, -0.05) is 53.1 Å². The van der Waals surface area contributed by atoms with Gasteiger partial charge >= 0.3 is 6.18 Å². The zero-order valence-electron chi connectivity index (χ0n) is 19.4. The first kappa shape index (κ1) is 25.4. The van der Waals surface area contributed by atoms with E-state index in [4.69, 9.17) is 4.74 Å². The molecule has 2 bridgehead atoms. The van der Waals surface area contributed by atoms with Crippen LogP contribution in [0.4, 0.5) is 13.2 Å². The molecule has 3 aromatic rings. The number of fused-ring (bicyclic) bond motifs is 2. The number of halogens is 3. The Bertz CT molecular complexity index is 1210. The fourth-order valence-corrected chi connectivity index (χ4v) is 7.26. The molecule has 2 atom stereocenters. The first-order valence-corrected chi connectivity index (χ1v) is 14.6. The average Bonchev–Trinajstić information content (AvgIpc) is 3.44.